The molecule has 1 fully saturated rings. The van der Waals surface area contributed by atoms with E-state index in [-0.39, 0.29) is 11.8 Å². The minimum absolute atomic E-state index is 0.178. The summed E-state index contributed by atoms with van der Waals surface area (Å²) in [6.07, 6.45) is 2.04. The van der Waals surface area contributed by atoms with E-state index in [1.54, 1.807) is 6.07 Å². The quantitative estimate of drug-likeness (QED) is 0.821. The fourth-order valence-corrected chi connectivity index (χ4v) is 2.77. The minimum Gasteiger partial charge on any atom is -0.355 e. The Morgan fingerprint density at radius 1 is 1.24 bits per heavy atom. The summed E-state index contributed by atoms with van der Waals surface area (Å²) in [5.74, 6) is -0.437. The van der Waals surface area contributed by atoms with Crippen LogP contribution in [-0.4, -0.2) is 18.4 Å². The van der Waals surface area contributed by atoms with Gasteiger partial charge in [0.15, 0.2) is 0 Å². The van der Waals surface area contributed by atoms with Crippen molar-refractivity contribution in [3.8, 4) is 0 Å². The third-order valence-electron chi connectivity index (χ3n) is 3.83. The maximum Gasteiger partial charge on any atom is 0.240 e. The monoisotopic (exact) mass is 308 g/mol. The lowest BCUT2D eigenvalue weighted by molar-refractivity contribution is -0.134. The fourth-order valence-electron chi connectivity index (χ4n) is 2.40. The Labute approximate surface area is 130 Å². The van der Waals surface area contributed by atoms with Gasteiger partial charge in [0.25, 0.3) is 0 Å². The fraction of sp³-hybridized carbons (Fsp3) is 0.500. The topological polar surface area (TPSA) is 58.2 Å². The van der Waals surface area contributed by atoms with Crippen LogP contribution in [0.5, 0.6) is 0 Å². The Balaban J connectivity index is 2.14. The highest BCUT2D eigenvalue weighted by Crippen LogP contribution is 2.47. The van der Waals surface area contributed by atoms with E-state index in [0.29, 0.717) is 30.1 Å². The number of halogens is 1. The van der Waals surface area contributed by atoms with Crippen molar-refractivity contribution in [2.45, 2.75) is 40.0 Å². The molecule has 2 rings (SSSR count). The Kier molecular flexibility index (Phi) is 4.57. The number of rotatable bonds is 5. The van der Waals surface area contributed by atoms with E-state index in [2.05, 4.69) is 10.6 Å². The zero-order valence-corrected chi connectivity index (χ0v) is 13.4. The molecule has 0 saturated heterocycles. The first-order valence-electron chi connectivity index (χ1n) is 7.27. The molecule has 0 heterocycles. The second-order valence-electron chi connectivity index (χ2n) is 5.73. The van der Waals surface area contributed by atoms with Gasteiger partial charge in [-0.15, -0.1) is 0 Å². The van der Waals surface area contributed by atoms with E-state index in [9.17, 15) is 9.59 Å². The second-order valence-corrected chi connectivity index (χ2v) is 6.14. The number of carbonyl (C=O) groups excluding carboxylic acids is 2. The predicted octanol–water partition coefficient (Wildman–Crippen LogP) is 3.20. The molecule has 2 amide bonds. The van der Waals surface area contributed by atoms with Crippen molar-refractivity contribution >= 4 is 29.1 Å². The number of nitrogens with one attached hydrogen (secondary N) is 2. The van der Waals surface area contributed by atoms with E-state index < -0.39 is 5.41 Å². The van der Waals surface area contributed by atoms with Crippen LogP contribution in [0, 0.1) is 19.3 Å². The first-order chi connectivity index (χ1) is 9.90. The Bertz CT molecular complexity index is 557. The van der Waals surface area contributed by atoms with E-state index in [4.69, 9.17) is 11.6 Å². The number of benzene rings is 1. The summed E-state index contributed by atoms with van der Waals surface area (Å²) in [4.78, 5) is 24.6. The molecule has 0 radical (unpaired) electrons. The molecule has 114 valence electrons. The maximum atomic E-state index is 12.5. The average molecular weight is 309 g/mol. The highest BCUT2D eigenvalue weighted by atomic mass is 35.5. The summed E-state index contributed by atoms with van der Waals surface area (Å²) in [7, 11) is 0. The summed E-state index contributed by atoms with van der Waals surface area (Å²) < 4.78 is 0. The number of aryl methyl sites for hydroxylation is 2. The Morgan fingerprint density at radius 2 is 1.90 bits per heavy atom. The van der Waals surface area contributed by atoms with Crippen LogP contribution in [-0.2, 0) is 9.59 Å². The lowest BCUT2D eigenvalue weighted by atomic mass is 10.0. The highest BCUT2D eigenvalue weighted by molar-refractivity contribution is 6.34. The zero-order chi connectivity index (χ0) is 15.6. The van der Waals surface area contributed by atoms with E-state index in [1.165, 1.54) is 0 Å². The van der Waals surface area contributed by atoms with E-state index >= 15 is 0 Å². The molecule has 0 aromatic heterocycles. The van der Waals surface area contributed by atoms with Crippen LogP contribution in [0.15, 0.2) is 12.1 Å². The van der Waals surface area contributed by atoms with Crippen LogP contribution in [0.4, 0.5) is 5.69 Å². The van der Waals surface area contributed by atoms with Crippen LogP contribution in [0.2, 0.25) is 5.02 Å². The Morgan fingerprint density at radius 3 is 2.43 bits per heavy atom. The third-order valence-corrected chi connectivity index (χ3v) is 4.12. The molecule has 1 aromatic rings. The van der Waals surface area contributed by atoms with Crippen LogP contribution >= 0.6 is 11.6 Å². The van der Waals surface area contributed by atoms with E-state index in [1.807, 2.05) is 26.8 Å². The summed E-state index contributed by atoms with van der Waals surface area (Å²) in [5, 5.41) is 6.15. The van der Waals surface area contributed by atoms with Gasteiger partial charge in [0.2, 0.25) is 11.8 Å². The van der Waals surface area contributed by atoms with Gasteiger partial charge in [-0.3, -0.25) is 9.59 Å². The summed E-state index contributed by atoms with van der Waals surface area (Å²) in [5.41, 5.74) is 1.63. The molecular weight excluding hydrogens is 288 g/mol. The van der Waals surface area contributed by atoms with E-state index in [0.717, 1.165) is 17.5 Å². The van der Waals surface area contributed by atoms with Gasteiger partial charge >= 0.3 is 0 Å². The van der Waals surface area contributed by atoms with Crippen molar-refractivity contribution in [1.29, 1.82) is 0 Å². The van der Waals surface area contributed by atoms with Crippen molar-refractivity contribution in [3.05, 3.63) is 28.3 Å². The van der Waals surface area contributed by atoms with Crippen LogP contribution < -0.4 is 10.6 Å². The molecule has 2 N–H and O–H groups in total. The molecule has 1 saturated carbocycles. The van der Waals surface area contributed by atoms with Gasteiger partial charge in [0, 0.05) is 6.54 Å². The van der Waals surface area contributed by atoms with Crippen LogP contribution in [0.3, 0.4) is 0 Å². The molecule has 21 heavy (non-hydrogen) atoms. The Hall–Kier alpha value is -1.55. The first kappa shape index (κ1) is 15.8. The second kappa shape index (κ2) is 6.06. The molecule has 1 aliphatic carbocycles. The van der Waals surface area contributed by atoms with Crippen molar-refractivity contribution in [2.75, 3.05) is 11.9 Å². The van der Waals surface area contributed by atoms with Gasteiger partial charge in [-0.05, 0) is 50.3 Å². The summed E-state index contributed by atoms with van der Waals surface area (Å²) in [6.45, 7) is 6.42. The number of anilines is 1. The number of amides is 2. The normalized spacial score (nSPS) is 15.4. The molecule has 4 nitrogen and oxygen atoms in total. The molecule has 0 aliphatic heterocycles. The largest absolute Gasteiger partial charge is 0.355 e. The predicted molar refractivity (Wildman–Crippen MR) is 84.5 cm³/mol. The number of hydrogen-bond donors (Lipinski definition) is 2. The SMILES string of the molecule is CCCNC(=O)C1(C(=O)Nc2c(C)cc(C)cc2Cl)CC1. The molecular formula is C16H21ClN2O2. The van der Waals surface area contributed by atoms with Crippen molar-refractivity contribution in [1.82, 2.24) is 5.32 Å². The molecule has 1 aromatic carbocycles. The van der Waals surface area contributed by atoms with Gasteiger partial charge in [-0.1, -0.05) is 24.6 Å². The van der Waals surface area contributed by atoms with Crippen molar-refractivity contribution in [3.63, 3.8) is 0 Å². The van der Waals surface area contributed by atoms with Gasteiger partial charge < -0.3 is 10.6 Å². The molecule has 0 atom stereocenters. The third kappa shape index (κ3) is 3.21. The summed E-state index contributed by atoms with van der Waals surface area (Å²) >= 11 is 6.20. The van der Waals surface area contributed by atoms with Gasteiger partial charge in [-0.2, -0.15) is 0 Å². The minimum atomic E-state index is -0.907. The smallest absolute Gasteiger partial charge is 0.240 e. The number of hydrogen-bond acceptors (Lipinski definition) is 2. The van der Waals surface area contributed by atoms with Crippen LogP contribution in [0.1, 0.15) is 37.3 Å². The lowest BCUT2D eigenvalue weighted by Gasteiger charge is -2.17. The first-order valence-corrected chi connectivity index (χ1v) is 7.65. The van der Waals surface area contributed by atoms with Gasteiger partial charge in [-0.25, -0.2) is 0 Å². The molecule has 5 heteroatoms. The molecule has 0 unspecified atom stereocenters. The van der Waals surface area contributed by atoms with Crippen molar-refractivity contribution < 1.29 is 9.59 Å². The van der Waals surface area contributed by atoms with Crippen molar-refractivity contribution in [2.24, 2.45) is 5.41 Å². The van der Waals surface area contributed by atoms with Gasteiger partial charge in [0.1, 0.15) is 5.41 Å². The highest BCUT2D eigenvalue weighted by Gasteiger charge is 2.56. The summed E-state index contributed by atoms with van der Waals surface area (Å²) in [6, 6.07) is 3.76. The zero-order valence-electron chi connectivity index (χ0n) is 12.7. The maximum absolute atomic E-state index is 12.5. The standard InChI is InChI=1S/C16H21ClN2O2/c1-4-7-18-14(20)16(5-6-16)15(21)19-13-11(3)8-10(2)9-12(13)17/h8-9H,4-7H2,1-3H3,(H,18,20)(H,19,21). The molecule has 1 aliphatic rings. The number of carbonyl (C=O) groups is 2. The average Bonchev–Trinajstić information content (AvgIpc) is 3.21. The van der Waals surface area contributed by atoms with Gasteiger partial charge in [0.05, 0.1) is 10.7 Å². The molecule has 0 bridgehead atoms. The van der Waals surface area contributed by atoms with Crippen LogP contribution in [0.25, 0.3) is 0 Å². The molecule has 0 spiro atoms. The lowest BCUT2D eigenvalue weighted by Crippen LogP contribution is -2.40.